The van der Waals surface area contributed by atoms with Crippen LogP contribution in [0.5, 0.6) is 5.75 Å². The number of hydrogen-bond donors (Lipinski definition) is 1. The van der Waals surface area contributed by atoms with Gasteiger partial charge in [0.2, 0.25) is 0 Å². The summed E-state index contributed by atoms with van der Waals surface area (Å²) in [6, 6.07) is 13.0. The molecule has 3 nitrogen and oxygen atoms in total. The molecule has 114 valence electrons. The Hall–Kier alpha value is -1.23. The van der Waals surface area contributed by atoms with Gasteiger partial charge in [0.1, 0.15) is 5.75 Å². The Morgan fingerprint density at radius 1 is 1.19 bits per heavy atom. The lowest BCUT2D eigenvalue weighted by Gasteiger charge is -2.27. The van der Waals surface area contributed by atoms with E-state index in [1.165, 1.54) is 16.3 Å². The number of methoxy groups -OCH3 is 1. The fourth-order valence-electron chi connectivity index (χ4n) is 2.54. The quantitative estimate of drug-likeness (QED) is 0.853. The zero-order chi connectivity index (χ0) is 15.2. The van der Waals surface area contributed by atoms with Crippen LogP contribution in [0, 0.1) is 0 Å². The molecule has 21 heavy (non-hydrogen) atoms. The molecule has 0 amide bonds. The number of thioether (sulfide) groups is 1. The smallest absolute Gasteiger partial charge is 0.119 e. The fourth-order valence-corrected chi connectivity index (χ4v) is 3.01. The van der Waals surface area contributed by atoms with E-state index < -0.39 is 0 Å². The van der Waals surface area contributed by atoms with Gasteiger partial charge in [0.25, 0.3) is 0 Å². The number of nitrogens with zero attached hydrogens (tertiary/aromatic N) is 1. The molecule has 2 aromatic carbocycles. The third kappa shape index (κ3) is 3.90. The Morgan fingerprint density at radius 2 is 1.90 bits per heavy atom. The number of ether oxygens (including phenoxy) is 1. The van der Waals surface area contributed by atoms with E-state index >= 15 is 0 Å². The van der Waals surface area contributed by atoms with Gasteiger partial charge in [0.15, 0.2) is 0 Å². The van der Waals surface area contributed by atoms with Gasteiger partial charge in [0.05, 0.1) is 7.11 Å². The maximum Gasteiger partial charge on any atom is 0.119 e. The first-order valence-corrected chi connectivity index (χ1v) is 8.56. The van der Waals surface area contributed by atoms with Crippen molar-refractivity contribution < 1.29 is 4.74 Å². The van der Waals surface area contributed by atoms with Gasteiger partial charge in [-0.15, -0.1) is 0 Å². The Kier molecular flexibility index (Phi) is 5.91. The molecule has 2 N–H and O–H groups in total. The van der Waals surface area contributed by atoms with E-state index in [2.05, 4.69) is 48.5 Å². The summed E-state index contributed by atoms with van der Waals surface area (Å²) in [5.41, 5.74) is 7.28. The lowest BCUT2D eigenvalue weighted by atomic mass is 10.0. The third-order valence-corrected chi connectivity index (χ3v) is 4.45. The first kappa shape index (κ1) is 16.1. The maximum atomic E-state index is 6.00. The molecule has 0 spiro atoms. The second-order valence-corrected chi connectivity index (χ2v) is 6.18. The highest BCUT2D eigenvalue weighted by Gasteiger charge is 2.15. The first-order chi connectivity index (χ1) is 10.2. The summed E-state index contributed by atoms with van der Waals surface area (Å²) < 4.78 is 5.27. The summed E-state index contributed by atoms with van der Waals surface area (Å²) in [7, 11) is 3.84. The van der Waals surface area contributed by atoms with E-state index in [1.54, 1.807) is 7.11 Å². The van der Waals surface area contributed by atoms with E-state index in [4.69, 9.17) is 10.5 Å². The summed E-state index contributed by atoms with van der Waals surface area (Å²) >= 11 is 1.86. The predicted octanol–water partition coefficient (Wildman–Crippen LogP) is 3.14. The van der Waals surface area contributed by atoms with Crippen molar-refractivity contribution in [3.8, 4) is 5.75 Å². The maximum absolute atomic E-state index is 6.00. The third-order valence-electron chi connectivity index (χ3n) is 3.86. The number of likely N-dealkylation sites (N-methyl/N-ethyl adjacent to an activating group) is 1. The number of hydrogen-bond acceptors (Lipinski definition) is 4. The Labute approximate surface area is 131 Å². The SMILES string of the molecule is COc1ccc2cc(C(CN)N(C)CCSC)ccc2c1. The van der Waals surface area contributed by atoms with Crippen molar-refractivity contribution in [1.82, 2.24) is 4.90 Å². The molecular formula is C17H24N2OS. The van der Waals surface area contributed by atoms with Crippen molar-refractivity contribution in [2.24, 2.45) is 5.73 Å². The van der Waals surface area contributed by atoms with Gasteiger partial charge in [0, 0.05) is 24.9 Å². The molecule has 0 radical (unpaired) electrons. The minimum absolute atomic E-state index is 0.267. The van der Waals surface area contributed by atoms with Crippen LogP contribution in [-0.2, 0) is 0 Å². The Balaban J connectivity index is 2.27. The van der Waals surface area contributed by atoms with Crippen LogP contribution in [0.2, 0.25) is 0 Å². The van der Waals surface area contributed by atoms with Crippen molar-refractivity contribution in [2.45, 2.75) is 6.04 Å². The van der Waals surface area contributed by atoms with Gasteiger partial charge in [-0.25, -0.2) is 0 Å². The van der Waals surface area contributed by atoms with Crippen molar-refractivity contribution in [1.29, 1.82) is 0 Å². The summed E-state index contributed by atoms with van der Waals surface area (Å²) in [5, 5.41) is 2.42. The van der Waals surface area contributed by atoms with Crippen molar-refractivity contribution >= 4 is 22.5 Å². The van der Waals surface area contributed by atoms with E-state index in [1.807, 2.05) is 17.8 Å². The highest BCUT2D eigenvalue weighted by Crippen LogP contribution is 2.26. The number of rotatable bonds is 7. The topological polar surface area (TPSA) is 38.5 Å². The highest BCUT2D eigenvalue weighted by molar-refractivity contribution is 7.98. The van der Waals surface area contributed by atoms with Gasteiger partial charge >= 0.3 is 0 Å². The van der Waals surface area contributed by atoms with Crippen LogP contribution in [-0.4, -0.2) is 44.2 Å². The molecule has 0 fully saturated rings. The molecule has 0 aliphatic heterocycles. The zero-order valence-electron chi connectivity index (χ0n) is 13.0. The van der Waals surface area contributed by atoms with Crippen LogP contribution in [0.1, 0.15) is 11.6 Å². The number of nitrogens with two attached hydrogens (primary N) is 1. The Bertz CT molecular complexity index is 588. The molecule has 2 rings (SSSR count). The Morgan fingerprint density at radius 3 is 2.57 bits per heavy atom. The number of benzene rings is 2. The fraction of sp³-hybridized carbons (Fsp3) is 0.412. The highest BCUT2D eigenvalue weighted by atomic mass is 32.2. The van der Waals surface area contributed by atoms with E-state index in [9.17, 15) is 0 Å². The molecule has 0 aliphatic carbocycles. The van der Waals surface area contributed by atoms with Gasteiger partial charge in [-0.2, -0.15) is 11.8 Å². The second-order valence-electron chi connectivity index (χ2n) is 5.20. The van der Waals surface area contributed by atoms with Crippen LogP contribution in [0.25, 0.3) is 10.8 Å². The van der Waals surface area contributed by atoms with Crippen LogP contribution in [0.15, 0.2) is 36.4 Å². The molecule has 1 atom stereocenters. The standard InChI is InChI=1S/C17H24N2OS/c1-19(8-9-21-3)17(12-18)15-5-4-14-11-16(20-2)7-6-13(14)10-15/h4-7,10-11,17H,8-9,12,18H2,1-3H3. The van der Waals surface area contributed by atoms with Crippen molar-refractivity contribution in [3.63, 3.8) is 0 Å². The molecular weight excluding hydrogens is 280 g/mol. The molecule has 0 saturated carbocycles. The van der Waals surface area contributed by atoms with E-state index in [-0.39, 0.29) is 6.04 Å². The molecule has 0 aromatic heterocycles. The average Bonchev–Trinajstić information content (AvgIpc) is 2.53. The average molecular weight is 304 g/mol. The van der Waals surface area contributed by atoms with Crippen LogP contribution in [0.4, 0.5) is 0 Å². The van der Waals surface area contributed by atoms with E-state index in [0.29, 0.717) is 6.54 Å². The summed E-state index contributed by atoms with van der Waals surface area (Å²) in [4.78, 5) is 2.33. The summed E-state index contributed by atoms with van der Waals surface area (Å²) in [5.74, 6) is 2.01. The second kappa shape index (κ2) is 7.69. The first-order valence-electron chi connectivity index (χ1n) is 7.16. The minimum atomic E-state index is 0.267. The van der Waals surface area contributed by atoms with Gasteiger partial charge < -0.3 is 10.5 Å². The molecule has 0 aliphatic rings. The normalized spacial score (nSPS) is 12.8. The van der Waals surface area contributed by atoms with Crippen LogP contribution >= 0.6 is 11.8 Å². The lowest BCUT2D eigenvalue weighted by molar-refractivity contribution is 0.266. The van der Waals surface area contributed by atoms with Gasteiger partial charge in [-0.3, -0.25) is 4.90 Å². The van der Waals surface area contributed by atoms with Crippen molar-refractivity contribution in [3.05, 3.63) is 42.0 Å². The molecule has 0 saturated heterocycles. The van der Waals surface area contributed by atoms with Gasteiger partial charge in [-0.05, 0) is 47.8 Å². The molecule has 0 heterocycles. The lowest BCUT2D eigenvalue weighted by Crippen LogP contribution is -2.32. The van der Waals surface area contributed by atoms with Gasteiger partial charge in [-0.1, -0.05) is 18.2 Å². The number of fused-ring (bicyclic) bond motifs is 1. The van der Waals surface area contributed by atoms with Crippen LogP contribution < -0.4 is 10.5 Å². The van der Waals surface area contributed by atoms with Crippen LogP contribution in [0.3, 0.4) is 0 Å². The molecule has 1 unspecified atom stereocenters. The zero-order valence-corrected chi connectivity index (χ0v) is 13.8. The summed E-state index contributed by atoms with van der Waals surface area (Å²) in [6.45, 7) is 1.68. The minimum Gasteiger partial charge on any atom is -0.497 e. The predicted molar refractivity (Wildman–Crippen MR) is 93.3 cm³/mol. The molecule has 4 heteroatoms. The monoisotopic (exact) mass is 304 g/mol. The summed E-state index contributed by atoms with van der Waals surface area (Å²) in [6.07, 6.45) is 2.13. The molecule has 0 bridgehead atoms. The largest absolute Gasteiger partial charge is 0.497 e. The van der Waals surface area contributed by atoms with E-state index in [0.717, 1.165) is 18.0 Å². The molecule has 2 aromatic rings. The van der Waals surface area contributed by atoms with Crippen molar-refractivity contribution in [2.75, 3.05) is 39.3 Å².